The molecular formula is C12H9F3N2O3. The van der Waals surface area contributed by atoms with Gasteiger partial charge in [0.2, 0.25) is 0 Å². The second-order valence-corrected chi connectivity index (χ2v) is 4.02. The fraction of sp³-hybridized carbons (Fsp3) is 0.250. The zero-order chi connectivity index (χ0) is 14.9. The van der Waals surface area contributed by atoms with Crippen LogP contribution in [0.25, 0.3) is 0 Å². The predicted molar refractivity (Wildman–Crippen MR) is 61.8 cm³/mol. The first-order valence-electron chi connectivity index (χ1n) is 5.47. The lowest BCUT2D eigenvalue weighted by atomic mass is 9.93. The molecule has 1 aromatic rings. The second-order valence-electron chi connectivity index (χ2n) is 4.02. The zero-order valence-corrected chi connectivity index (χ0v) is 10.2. The van der Waals surface area contributed by atoms with Crippen LogP contribution in [0.5, 0.6) is 0 Å². The van der Waals surface area contributed by atoms with Crippen LogP contribution < -0.4 is 5.43 Å². The van der Waals surface area contributed by atoms with Crippen LogP contribution in [0.1, 0.15) is 17.0 Å². The molecular weight excluding hydrogens is 277 g/mol. The third kappa shape index (κ3) is 2.49. The third-order valence-corrected chi connectivity index (χ3v) is 2.79. The molecule has 2 rings (SSSR count). The van der Waals surface area contributed by atoms with Crippen molar-refractivity contribution in [3.63, 3.8) is 0 Å². The molecule has 0 bridgehead atoms. The highest BCUT2D eigenvalue weighted by atomic mass is 19.4. The molecule has 0 radical (unpaired) electrons. The summed E-state index contributed by atoms with van der Waals surface area (Å²) < 4.78 is 41.8. The molecule has 1 aromatic carbocycles. The summed E-state index contributed by atoms with van der Waals surface area (Å²) in [5.74, 6) is -2.47. The van der Waals surface area contributed by atoms with Gasteiger partial charge in [-0.05, 0) is 17.7 Å². The topological polar surface area (TPSA) is 67.8 Å². The average molecular weight is 286 g/mol. The first-order chi connectivity index (χ1) is 9.34. The van der Waals surface area contributed by atoms with Crippen LogP contribution in [0.3, 0.4) is 0 Å². The number of alkyl halides is 3. The summed E-state index contributed by atoms with van der Waals surface area (Å²) in [6.07, 6.45) is -4.46. The number of methoxy groups -OCH3 is 1. The van der Waals surface area contributed by atoms with E-state index in [-0.39, 0.29) is 11.3 Å². The lowest BCUT2D eigenvalue weighted by molar-refractivity contribution is -0.137. The number of carbonyl (C=O) groups excluding carboxylic acids is 2. The van der Waals surface area contributed by atoms with Crippen LogP contribution in [0, 0.1) is 0 Å². The van der Waals surface area contributed by atoms with E-state index in [0.717, 1.165) is 31.4 Å². The Kier molecular flexibility index (Phi) is 3.47. The van der Waals surface area contributed by atoms with E-state index in [1.54, 1.807) is 0 Å². The molecule has 0 spiro atoms. The van der Waals surface area contributed by atoms with Crippen molar-refractivity contribution >= 4 is 17.6 Å². The van der Waals surface area contributed by atoms with Crippen molar-refractivity contribution in [1.29, 1.82) is 0 Å². The highest BCUT2D eigenvalue weighted by molar-refractivity contribution is 6.44. The highest BCUT2D eigenvalue weighted by Crippen LogP contribution is 2.31. The molecule has 5 nitrogen and oxygen atoms in total. The van der Waals surface area contributed by atoms with E-state index in [9.17, 15) is 22.8 Å². The van der Waals surface area contributed by atoms with Gasteiger partial charge < -0.3 is 4.74 Å². The van der Waals surface area contributed by atoms with E-state index >= 15 is 0 Å². The van der Waals surface area contributed by atoms with Gasteiger partial charge in [-0.25, -0.2) is 10.2 Å². The molecule has 1 atom stereocenters. The van der Waals surface area contributed by atoms with Crippen molar-refractivity contribution in [3.8, 4) is 0 Å². The van der Waals surface area contributed by atoms with Gasteiger partial charge in [-0.2, -0.15) is 18.3 Å². The molecule has 8 heteroatoms. The van der Waals surface area contributed by atoms with Gasteiger partial charge in [0.05, 0.1) is 12.7 Å². The summed E-state index contributed by atoms with van der Waals surface area (Å²) >= 11 is 0. The maximum atomic E-state index is 12.5. The number of ether oxygens (including phenoxy) is 1. The summed E-state index contributed by atoms with van der Waals surface area (Å²) in [5.41, 5.74) is 1.32. The van der Waals surface area contributed by atoms with Crippen LogP contribution in [0.15, 0.2) is 29.4 Å². The molecule has 1 N–H and O–H groups in total. The van der Waals surface area contributed by atoms with Gasteiger partial charge >= 0.3 is 12.1 Å². The second kappa shape index (κ2) is 4.95. The largest absolute Gasteiger partial charge is 0.464 e. The van der Waals surface area contributed by atoms with Gasteiger partial charge in [0.25, 0.3) is 5.91 Å². The van der Waals surface area contributed by atoms with E-state index < -0.39 is 29.5 Å². The Morgan fingerprint density at radius 3 is 2.40 bits per heavy atom. The number of nitrogens with one attached hydrogen (secondary N) is 1. The normalized spacial score (nSPS) is 18.5. The minimum atomic E-state index is -4.46. The van der Waals surface area contributed by atoms with Crippen molar-refractivity contribution in [2.24, 2.45) is 5.10 Å². The minimum absolute atomic E-state index is 0.183. The SMILES string of the molecule is COC(=O)C1=NNC(=O)C1c1ccc(C(F)(F)F)cc1. The summed E-state index contributed by atoms with van der Waals surface area (Å²) in [6.45, 7) is 0. The van der Waals surface area contributed by atoms with Crippen molar-refractivity contribution in [2.75, 3.05) is 7.11 Å². The molecule has 0 aliphatic carbocycles. The summed E-state index contributed by atoms with van der Waals surface area (Å²) in [7, 11) is 1.12. The number of amides is 1. The Hall–Kier alpha value is -2.38. The Labute approximate surface area is 111 Å². The maximum absolute atomic E-state index is 12.5. The fourth-order valence-electron chi connectivity index (χ4n) is 1.81. The number of carbonyl (C=O) groups is 2. The van der Waals surface area contributed by atoms with Crippen molar-refractivity contribution < 1.29 is 27.5 Å². The lowest BCUT2D eigenvalue weighted by Gasteiger charge is -2.11. The van der Waals surface area contributed by atoms with Gasteiger partial charge in [0.15, 0.2) is 5.71 Å². The van der Waals surface area contributed by atoms with E-state index in [1.807, 2.05) is 0 Å². The third-order valence-electron chi connectivity index (χ3n) is 2.79. The molecule has 106 valence electrons. The Balaban J connectivity index is 2.33. The van der Waals surface area contributed by atoms with E-state index in [2.05, 4.69) is 15.3 Å². The lowest BCUT2D eigenvalue weighted by Crippen LogP contribution is -2.26. The standard InChI is InChI=1S/C12H9F3N2O3/c1-20-11(19)9-8(10(18)17-16-9)6-2-4-7(5-3-6)12(13,14)15/h2-5,8H,1H3,(H,17,18). The number of rotatable bonds is 2. The number of hydrogen-bond acceptors (Lipinski definition) is 4. The van der Waals surface area contributed by atoms with E-state index in [0.29, 0.717) is 0 Å². The van der Waals surface area contributed by atoms with E-state index in [1.165, 1.54) is 0 Å². The first kappa shape index (κ1) is 14.0. The van der Waals surface area contributed by atoms with Gasteiger partial charge in [0, 0.05) is 0 Å². The predicted octanol–water partition coefficient (Wildman–Crippen LogP) is 1.45. The van der Waals surface area contributed by atoms with Crippen LogP contribution in [-0.2, 0) is 20.5 Å². The summed E-state index contributed by atoms with van der Waals surface area (Å²) in [5, 5.41) is 3.54. The zero-order valence-electron chi connectivity index (χ0n) is 10.2. The van der Waals surface area contributed by atoms with Gasteiger partial charge in [-0.1, -0.05) is 12.1 Å². The number of benzene rings is 1. The fourth-order valence-corrected chi connectivity index (χ4v) is 1.81. The number of hydrazone groups is 1. The maximum Gasteiger partial charge on any atom is 0.416 e. The molecule has 1 aliphatic rings. The monoisotopic (exact) mass is 286 g/mol. The molecule has 1 amide bonds. The van der Waals surface area contributed by atoms with E-state index in [4.69, 9.17) is 0 Å². The van der Waals surface area contributed by atoms with Crippen LogP contribution in [0.4, 0.5) is 13.2 Å². The summed E-state index contributed by atoms with van der Waals surface area (Å²) in [6, 6.07) is 3.96. The molecule has 1 unspecified atom stereocenters. The summed E-state index contributed by atoms with van der Waals surface area (Å²) in [4.78, 5) is 23.1. The van der Waals surface area contributed by atoms with Gasteiger partial charge in [0.1, 0.15) is 5.92 Å². The van der Waals surface area contributed by atoms with Crippen molar-refractivity contribution in [2.45, 2.75) is 12.1 Å². The number of nitrogens with zero attached hydrogens (tertiary/aromatic N) is 1. The quantitative estimate of drug-likeness (QED) is 0.837. The number of esters is 1. The molecule has 0 fully saturated rings. The molecule has 0 aromatic heterocycles. The first-order valence-corrected chi connectivity index (χ1v) is 5.47. The number of halogens is 3. The van der Waals surface area contributed by atoms with Gasteiger partial charge in [-0.3, -0.25) is 4.79 Å². The van der Waals surface area contributed by atoms with Gasteiger partial charge in [-0.15, -0.1) is 0 Å². The van der Waals surface area contributed by atoms with Crippen molar-refractivity contribution in [3.05, 3.63) is 35.4 Å². The average Bonchev–Trinajstić information content (AvgIpc) is 2.79. The Morgan fingerprint density at radius 1 is 1.30 bits per heavy atom. The molecule has 1 heterocycles. The van der Waals surface area contributed by atoms with Crippen molar-refractivity contribution in [1.82, 2.24) is 5.43 Å². The molecule has 1 aliphatic heterocycles. The minimum Gasteiger partial charge on any atom is -0.464 e. The smallest absolute Gasteiger partial charge is 0.416 e. The Bertz CT molecular complexity index is 579. The molecule has 0 saturated heterocycles. The highest BCUT2D eigenvalue weighted by Gasteiger charge is 2.37. The molecule has 20 heavy (non-hydrogen) atoms. The Morgan fingerprint density at radius 2 is 1.90 bits per heavy atom. The van der Waals surface area contributed by atoms with Crippen LogP contribution in [-0.4, -0.2) is 24.7 Å². The van der Waals surface area contributed by atoms with Crippen LogP contribution in [0.2, 0.25) is 0 Å². The molecule has 0 saturated carbocycles. The number of hydrogen-bond donors (Lipinski definition) is 1. The van der Waals surface area contributed by atoms with Crippen LogP contribution >= 0.6 is 0 Å².